The minimum atomic E-state index is -1.12. The summed E-state index contributed by atoms with van der Waals surface area (Å²) < 4.78 is 9.34. The minimum Gasteiger partial charge on any atom is -0.504 e. The van der Waals surface area contributed by atoms with Gasteiger partial charge < -0.3 is 9.84 Å². The van der Waals surface area contributed by atoms with E-state index in [2.05, 4.69) is 0 Å². The van der Waals surface area contributed by atoms with Crippen LogP contribution in [-0.4, -0.2) is 37.7 Å². The van der Waals surface area contributed by atoms with Crippen LogP contribution in [0.3, 0.4) is 0 Å². The van der Waals surface area contributed by atoms with Crippen molar-refractivity contribution in [3.05, 3.63) is 98.4 Å². The fourth-order valence-corrected chi connectivity index (χ4v) is 6.71. The molecule has 0 spiro atoms. The van der Waals surface area contributed by atoms with Crippen LogP contribution in [0.25, 0.3) is 5.69 Å². The lowest BCUT2D eigenvalue weighted by Crippen LogP contribution is -2.54. The lowest BCUT2D eigenvalue weighted by atomic mass is 9.51. The number of Topliss-reactive ketones (excluding diaryl/α,β-unsaturated/α-hetero) is 1. The normalized spacial score (nSPS) is 26.1. The number of rotatable bonds is 3. The Morgan fingerprint density at radius 1 is 1.03 bits per heavy atom. The molecular weight excluding hydrogens is 486 g/mol. The van der Waals surface area contributed by atoms with Crippen LogP contribution >= 0.6 is 0 Å². The number of phenols is 1. The van der Waals surface area contributed by atoms with E-state index in [9.17, 15) is 24.3 Å². The Bertz CT molecular complexity index is 1690. The molecule has 2 aromatic carbocycles. The molecule has 0 saturated heterocycles. The molecule has 38 heavy (non-hydrogen) atoms. The van der Waals surface area contributed by atoms with Crippen molar-refractivity contribution < 1.29 is 19.4 Å². The first-order valence-electron chi connectivity index (χ1n) is 12.5. The summed E-state index contributed by atoms with van der Waals surface area (Å²) in [5.74, 6) is -1.40. The molecule has 1 saturated carbocycles. The number of aromatic hydroxyl groups is 1. The van der Waals surface area contributed by atoms with E-state index >= 15 is 0 Å². The summed E-state index contributed by atoms with van der Waals surface area (Å²) in [5, 5.41) is 10.3. The van der Waals surface area contributed by atoms with Crippen LogP contribution in [0.2, 0.25) is 0 Å². The van der Waals surface area contributed by atoms with Gasteiger partial charge in [-0.2, -0.15) is 0 Å². The summed E-state index contributed by atoms with van der Waals surface area (Å²) in [6.45, 7) is 3.61. The molecule has 3 aromatic rings. The van der Waals surface area contributed by atoms with Gasteiger partial charge in [-0.25, -0.2) is 23.5 Å². The summed E-state index contributed by atoms with van der Waals surface area (Å²) in [6, 6.07) is 13.0. The highest BCUT2D eigenvalue weighted by Gasteiger charge is 2.59. The quantitative estimate of drug-likeness (QED) is 0.539. The maximum atomic E-state index is 13.8. The van der Waals surface area contributed by atoms with Crippen molar-refractivity contribution in [1.29, 1.82) is 0 Å². The number of para-hydroxylation sites is 1. The van der Waals surface area contributed by atoms with Gasteiger partial charge in [-0.05, 0) is 60.4 Å². The maximum absolute atomic E-state index is 13.8. The number of aromatic nitrogens is 3. The number of nitrogens with zero attached hydrogens (tertiary/aromatic N) is 3. The van der Waals surface area contributed by atoms with E-state index in [1.165, 1.54) is 28.6 Å². The molecule has 0 radical (unpaired) electrons. The Kier molecular flexibility index (Phi) is 5.24. The first-order chi connectivity index (χ1) is 18.2. The summed E-state index contributed by atoms with van der Waals surface area (Å²) in [5.41, 5.74) is 0.252. The molecule has 0 amide bonds. The van der Waals surface area contributed by atoms with Crippen molar-refractivity contribution >= 4 is 11.6 Å². The average Bonchev–Trinajstić information content (AvgIpc) is 3.17. The summed E-state index contributed by atoms with van der Waals surface area (Å²) in [6.07, 6.45) is 3.50. The molecule has 6 rings (SSSR count). The Morgan fingerprint density at radius 2 is 1.76 bits per heavy atom. The zero-order valence-electron chi connectivity index (χ0n) is 21.2. The molecule has 1 aliphatic heterocycles. The van der Waals surface area contributed by atoms with Crippen molar-refractivity contribution in [3.8, 4) is 17.2 Å². The van der Waals surface area contributed by atoms with Crippen molar-refractivity contribution in [2.75, 3.05) is 7.11 Å². The van der Waals surface area contributed by atoms with Gasteiger partial charge in [-0.15, -0.1) is 0 Å². The SMILES string of the molecule is COc1cc([C@H]2C3=CCn4c(=O)n(-c5ccccc5)c(=O)n4[C@@H]3C[C@H]3C(=O)C=C(C)C(=O)[C@@]23C)ccc1O. The predicted molar refractivity (Wildman–Crippen MR) is 139 cm³/mol. The molecule has 1 fully saturated rings. The molecule has 9 nitrogen and oxygen atoms in total. The van der Waals surface area contributed by atoms with Crippen LogP contribution in [0.1, 0.15) is 37.8 Å². The van der Waals surface area contributed by atoms with Gasteiger partial charge in [-0.3, -0.25) is 9.59 Å². The largest absolute Gasteiger partial charge is 0.504 e. The first-order valence-corrected chi connectivity index (χ1v) is 12.5. The van der Waals surface area contributed by atoms with Gasteiger partial charge >= 0.3 is 11.4 Å². The van der Waals surface area contributed by atoms with Crippen molar-refractivity contribution in [2.24, 2.45) is 11.3 Å². The lowest BCUT2D eigenvalue weighted by molar-refractivity contribution is -0.139. The number of hydrogen-bond acceptors (Lipinski definition) is 6. The van der Waals surface area contributed by atoms with E-state index in [-0.39, 0.29) is 36.0 Å². The van der Waals surface area contributed by atoms with Crippen LogP contribution in [0.4, 0.5) is 0 Å². The summed E-state index contributed by atoms with van der Waals surface area (Å²) >= 11 is 0. The first kappa shape index (κ1) is 24.0. The van der Waals surface area contributed by atoms with Crippen molar-refractivity contribution in [2.45, 2.75) is 38.8 Å². The van der Waals surface area contributed by atoms with Crippen LogP contribution in [0.15, 0.2) is 81.4 Å². The third kappa shape index (κ3) is 3.11. The molecule has 194 valence electrons. The van der Waals surface area contributed by atoms with Gasteiger partial charge in [-0.1, -0.05) is 37.3 Å². The number of fused-ring (bicyclic) bond motifs is 4. The molecule has 9 heteroatoms. The van der Waals surface area contributed by atoms with E-state index in [0.29, 0.717) is 16.8 Å². The maximum Gasteiger partial charge on any atom is 0.352 e. The number of ketones is 2. The topological polar surface area (TPSA) is 113 Å². The number of benzene rings is 2. The third-order valence-electron chi connectivity index (χ3n) is 8.46. The number of carbonyl (C=O) groups is 2. The highest BCUT2D eigenvalue weighted by Crippen LogP contribution is 2.60. The third-order valence-corrected chi connectivity index (χ3v) is 8.46. The minimum absolute atomic E-state index is 0.0462. The Morgan fingerprint density at radius 3 is 2.47 bits per heavy atom. The second kappa shape index (κ2) is 8.31. The Balaban J connectivity index is 1.60. The number of methoxy groups -OCH3 is 1. The van der Waals surface area contributed by atoms with Gasteiger partial charge in [0.25, 0.3) is 0 Å². The molecule has 3 aliphatic rings. The van der Waals surface area contributed by atoms with E-state index in [0.717, 1.165) is 10.1 Å². The molecule has 2 aliphatic carbocycles. The molecule has 1 aromatic heterocycles. The van der Waals surface area contributed by atoms with Crippen LogP contribution in [-0.2, 0) is 16.1 Å². The number of ether oxygens (including phenoxy) is 1. The molecule has 0 bridgehead atoms. The van der Waals surface area contributed by atoms with Crippen LogP contribution in [0, 0.1) is 11.3 Å². The van der Waals surface area contributed by atoms with Gasteiger partial charge in [0.15, 0.2) is 23.1 Å². The van der Waals surface area contributed by atoms with Crippen molar-refractivity contribution in [1.82, 2.24) is 13.9 Å². The standard InChI is InChI=1S/C29H27N3O6/c1-16-13-23(34)20-15-21-19(25(29(20,2)26(16)35)17-9-10-22(33)24(14-17)38-3)11-12-30-27(36)31(28(37)32(21)30)18-7-5-4-6-8-18/h4-11,13-14,20-21,25,33H,12,15H2,1-3H3/t20-,21+,25-,29+/m0/s1. The average molecular weight is 514 g/mol. The Labute approximate surface area is 217 Å². The van der Waals surface area contributed by atoms with Crippen molar-refractivity contribution in [3.63, 3.8) is 0 Å². The zero-order valence-corrected chi connectivity index (χ0v) is 21.2. The molecule has 2 heterocycles. The number of hydrogen-bond donors (Lipinski definition) is 1. The smallest absolute Gasteiger partial charge is 0.352 e. The monoisotopic (exact) mass is 513 g/mol. The molecule has 4 atom stereocenters. The van der Waals surface area contributed by atoms with Gasteiger partial charge in [0.1, 0.15) is 0 Å². The van der Waals surface area contributed by atoms with E-state index in [1.54, 1.807) is 43.3 Å². The van der Waals surface area contributed by atoms with Crippen LogP contribution in [0.5, 0.6) is 11.5 Å². The van der Waals surface area contributed by atoms with Gasteiger partial charge in [0.05, 0.1) is 30.8 Å². The summed E-state index contributed by atoms with van der Waals surface area (Å²) in [7, 11) is 1.44. The number of allylic oxidation sites excluding steroid dienone is 4. The highest BCUT2D eigenvalue weighted by molar-refractivity contribution is 6.13. The van der Waals surface area contributed by atoms with E-state index in [1.807, 2.05) is 19.1 Å². The highest BCUT2D eigenvalue weighted by atomic mass is 16.5. The number of phenolic OH excluding ortho intramolecular Hbond substituents is 1. The molecule has 1 N–H and O–H groups in total. The van der Waals surface area contributed by atoms with Crippen LogP contribution < -0.4 is 16.1 Å². The predicted octanol–water partition coefficient (Wildman–Crippen LogP) is 2.90. The zero-order chi connectivity index (χ0) is 26.9. The fourth-order valence-electron chi connectivity index (χ4n) is 6.71. The second-order valence-electron chi connectivity index (χ2n) is 10.4. The molecule has 0 unspecified atom stereocenters. The second-order valence-corrected chi connectivity index (χ2v) is 10.4. The Hall–Kier alpha value is -4.40. The lowest BCUT2D eigenvalue weighted by Gasteiger charge is -2.52. The molecular formula is C29H27N3O6. The van der Waals surface area contributed by atoms with Gasteiger partial charge in [0, 0.05) is 11.8 Å². The van der Waals surface area contributed by atoms with Gasteiger partial charge in [0.2, 0.25) is 0 Å². The van der Waals surface area contributed by atoms with E-state index in [4.69, 9.17) is 4.74 Å². The van der Waals surface area contributed by atoms with E-state index < -0.39 is 34.7 Å². The fraction of sp³-hybridized carbons (Fsp3) is 0.310. The number of carbonyl (C=O) groups excluding carboxylic acids is 2. The summed E-state index contributed by atoms with van der Waals surface area (Å²) in [4.78, 5) is 54.4.